The first-order chi connectivity index (χ1) is 6.60. The van der Waals surface area contributed by atoms with Crippen LogP contribution in [0.3, 0.4) is 0 Å². The summed E-state index contributed by atoms with van der Waals surface area (Å²) >= 11 is 4.75. The molecule has 0 aromatic carbocycles. The molecule has 0 aliphatic heterocycles. The first-order valence-electron chi connectivity index (χ1n) is 4.23. The van der Waals surface area contributed by atoms with Crippen LogP contribution in [0.1, 0.15) is 13.3 Å². The van der Waals surface area contributed by atoms with Gasteiger partial charge in [0.15, 0.2) is 10.9 Å². The van der Waals surface area contributed by atoms with Crippen molar-refractivity contribution in [2.45, 2.75) is 13.3 Å². The summed E-state index contributed by atoms with van der Waals surface area (Å²) in [7, 11) is 1.64. The van der Waals surface area contributed by atoms with Gasteiger partial charge in [0.25, 0.3) is 0 Å². The molecule has 0 aromatic heterocycles. The molecule has 5 nitrogen and oxygen atoms in total. The van der Waals surface area contributed by atoms with Crippen molar-refractivity contribution in [1.82, 2.24) is 10.6 Å². The van der Waals surface area contributed by atoms with Crippen molar-refractivity contribution < 1.29 is 14.3 Å². The lowest BCUT2D eigenvalue weighted by molar-refractivity contribution is -0.145. The van der Waals surface area contributed by atoms with Crippen LogP contribution in [-0.2, 0) is 14.3 Å². The highest BCUT2D eigenvalue weighted by Crippen LogP contribution is 1.87. The van der Waals surface area contributed by atoms with E-state index in [1.165, 1.54) is 0 Å². The van der Waals surface area contributed by atoms with Crippen LogP contribution >= 0.6 is 12.2 Å². The van der Waals surface area contributed by atoms with Crippen LogP contribution in [0, 0.1) is 0 Å². The summed E-state index contributed by atoms with van der Waals surface area (Å²) in [4.78, 5) is 21.9. The minimum absolute atomic E-state index is 0.0402. The van der Waals surface area contributed by atoms with E-state index in [-0.39, 0.29) is 25.4 Å². The van der Waals surface area contributed by atoms with Crippen LogP contribution in [0.5, 0.6) is 0 Å². The number of hydrogen-bond donors (Lipinski definition) is 2. The summed E-state index contributed by atoms with van der Waals surface area (Å²) in [6.07, 6.45) is -0.215. The molecule has 0 saturated heterocycles. The molecule has 0 radical (unpaired) electrons. The van der Waals surface area contributed by atoms with Crippen molar-refractivity contribution >= 4 is 29.1 Å². The smallest absolute Gasteiger partial charge is 0.313 e. The summed E-state index contributed by atoms with van der Waals surface area (Å²) < 4.78 is 4.61. The van der Waals surface area contributed by atoms with E-state index in [9.17, 15) is 9.59 Å². The number of Topliss-reactive ketones (excluding diaryl/α,β-unsaturated/α-hetero) is 1. The number of thiocarbonyl (C=S) groups is 1. The molecule has 2 N–H and O–H groups in total. The molecule has 0 saturated carbocycles. The molecule has 80 valence electrons. The lowest BCUT2D eigenvalue weighted by Gasteiger charge is -2.05. The minimum Gasteiger partial charge on any atom is -0.466 e. The Balaban J connectivity index is 3.65. The predicted octanol–water partition coefficient (Wildman–Crippen LogP) is -0.397. The van der Waals surface area contributed by atoms with Gasteiger partial charge in [-0.1, -0.05) is 0 Å². The van der Waals surface area contributed by atoms with Gasteiger partial charge in [-0.25, -0.2) is 0 Å². The van der Waals surface area contributed by atoms with Gasteiger partial charge in [0.1, 0.15) is 6.42 Å². The van der Waals surface area contributed by atoms with Gasteiger partial charge in [-0.15, -0.1) is 0 Å². The Morgan fingerprint density at radius 1 is 1.43 bits per heavy atom. The summed E-state index contributed by atoms with van der Waals surface area (Å²) in [5.41, 5.74) is 0. The van der Waals surface area contributed by atoms with Gasteiger partial charge in [0.05, 0.1) is 13.2 Å². The molecule has 14 heavy (non-hydrogen) atoms. The number of carbonyl (C=O) groups is 2. The Labute approximate surface area is 88.2 Å². The van der Waals surface area contributed by atoms with E-state index in [1.807, 2.05) is 0 Å². The normalized spacial score (nSPS) is 9.00. The van der Waals surface area contributed by atoms with E-state index in [0.717, 1.165) is 0 Å². The predicted molar refractivity (Wildman–Crippen MR) is 55.9 cm³/mol. The van der Waals surface area contributed by atoms with Crippen molar-refractivity contribution in [2.75, 3.05) is 20.2 Å². The molecular formula is C8H14N2O3S. The third-order valence-corrected chi connectivity index (χ3v) is 1.67. The van der Waals surface area contributed by atoms with Gasteiger partial charge in [-0.05, 0) is 19.1 Å². The van der Waals surface area contributed by atoms with Gasteiger partial charge in [0, 0.05) is 7.05 Å². The van der Waals surface area contributed by atoms with E-state index in [0.29, 0.717) is 5.11 Å². The quantitative estimate of drug-likeness (QED) is 0.372. The maximum atomic E-state index is 11.1. The van der Waals surface area contributed by atoms with E-state index >= 15 is 0 Å². The average Bonchev–Trinajstić information content (AvgIpc) is 2.14. The average molecular weight is 218 g/mol. The second kappa shape index (κ2) is 7.25. The summed E-state index contributed by atoms with van der Waals surface area (Å²) in [6, 6.07) is 0. The van der Waals surface area contributed by atoms with E-state index in [4.69, 9.17) is 12.2 Å². The third-order valence-electron chi connectivity index (χ3n) is 1.32. The zero-order valence-corrected chi connectivity index (χ0v) is 9.07. The molecule has 0 spiro atoms. The van der Waals surface area contributed by atoms with Crippen molar-refractivity contribution in [3.05, 3.63) is 0 Å². The molecular weight excluding hydrogens is 204 g/mol. The molecule has 0 bridgehead atoms. The van der Waals surface area contributed by atoms with Crippen molar-refractivity contribution in [1.29, 1.82) is 0 Å². The molecule has 0 heterocycles. The van der Waals surface area contributed by atoms with Gasteiger partial charge in [-0.2, -0.15) is 0 Å². The zero-order chi connectivity index (χ0) is 11.0. The van der Waals surface area contributed by atoms with Gasteiger partial charge < -0.3 is 15.4 Å². The van der Waals surface area contributed by atoms with Crippen molar-refractivity contribution in [2.24, 2.45) is 0 Å². The molecule has 0 fully saturated rings. The standard InChI is InChI=1S/C8H14N2O3S/c1-3-13-7(12)4-6(11)5-10-8(14)9-2/h3-5H2,1-2H3,(H2,9,10,14). The zero-order valence-electron chi connectivity index (χ0n) is 8.25. The first kappa shape index (κ1) is 12.8. The number of ketones is 1. The number of rotatable bonds is 5. The monoisotopic (exact) mass is 218 g/mol. The largest absolute Gasteiger partial charge is 0.466 e. The van der Waals surface area contributed by atoms with E-state index < -0.39 is 5.97 Å². The Bertz CT molecular complexity index is 231. The summed E-state index contributed by atoms with van der Waals surface area (Å²) in [5.74, 6) is -0.754. The molecule has 0 amide bonds. The number of nitrogens with one attached hydrogen (secondary N) is 2. The van der Waals surface area contributed by atoms with E-state index in [2.05, 4.69) is 15.4 Å². The highest BCUT2D eigenvalue weighted by molar-refractivity contribution is 7.80. The topological polar surface area (TPSA) is 67.4 Å². The Morgan fingerprint density at radius 3 is 2.57 bits per heavy atom. The summed E-state index contributed by atoms with van der Waals surface area (Å²) in [5, 5.41) is 5.67. The fraction of sp³-hybridized carbons (Fsp3) is 0.625. The fourth-order valence-corrected chi connectivity index (χ4v) is 0.775. The van der Waals surface area contributed by atoms with Crippen LogP contribution in [-0.4, -0.2) is 37.1 Å². The van der Waals surface area contributed by atoms with Crippen LogP contribution in [0.2, 0.25) is 0 Å². The molecule has 0 rings (SSSR count). The Hall–Kier alpha value is -1.17. The molecule has 0 aromatic rings. The maximum absolute atomic E-state index is 11.1. The second-order valence-corrected chi connectivity index (χ2v) is 2.86. The van der Waals surface area contributed by atoms with Crippen LogP contribution in [0.4, 0.5) is 0 Å². The molecule has 6 heteroatoms. The molecule has 0 aliphatic rings. The summed E-state index contributed by atoms with van der Waals surface area (Å²) in [6.45, 7) is 2.02. The number of hydrogen-bond acceptors (Lipinski definition) is 4. The molecule has 0 aliphatic carbocycles. The molecule has 0 atom stereocenters. The number of esters is 1. The molecule has 0 unspecified atom stereocenters. The van der Waals surface area contributed by atoms with Crippen molar-refractivity contribution in [3.63, 3.8) is 0 Å². The van der Waals surface area contributed by atoms with Gasteiger partial charge in [0.2, 0.25) is 0 Å². The first-order valence-corrected chi connectivity index (χ1v) is 4.63. The fourth-order valence-electron chi connectivity index (χ4n) is 0.703. The third kappa shape index (κ3) is 6.36. The highest BCUT2D eigenvalue weighted by Gasteiger charge is 2.09. The Kier molecular flexibility index (Phi) is 6.65. The number of carbonyl (C=O) groups excluding carboxylic acids is 2. The van der Waals surface area contributed by atoms with Crippen LogP contribution < -0.4 is 10.6 Å². The van der Waals surface area contributed by atoms with E-state index in [1.54, 1.807) is 14.0 Å². The maximum Gasteiger partial charge on any atom is 0.313 e. The van der Waals surface area contributed by atoms with Crippen LogP contribution in [0.15, 0.2) is 0 Å². The minimum atomic E-state index is -0.505. The lowest BCUT2D eigenvalue weighted by atomic mass is 10.3. The van der Waals surface area contributed by atoms with Crippen LogP contribution in [0.25, 0.3) is 0 Å². The van der Waals surface area contributed by atoms with Gasteiger partial charge >= 0.3 is 5.97 Å². The second-order valence-electron chi connectivity index (χ2n) is 2.45. The van der Waals surface area contributed by atoms with Crippen molar-refractivity contribution in [3.8, 4) is 0 Å². The van der Waals surface area contributed by atoms with Gasteiger partial charge in [-0.3, -0.25) is 9.59 Å². The Morgan fingerprint density at radius 2 is 2.07 bits per heavy atom. The lowest BCUT2D eigenvalue weighted by Crippen LogP contribution is -2.36. The SMILES string of the molecule is CCOC(=O)CC(=O)CNC(=S)NC. The number of ether oxygens (including phenoxy) is 1. The highest BCUT2D eigenvalue weighted by atomic mass is 32.1.